The Labute approximate surface area is 117 Å². The molecule has 19 heavy (non-hydrogen) atoms. The summed E-state index contributed by atoms with van der Waals surface area (Å²) in [6.45, 7) is 1.94. The molecule has 0 atom stereocenters. The highest BCUT2D eigenvalue weighted by molar-refractivity contribution is 9.10. The van der Waals surface area contributed by atoms with Crippen molar-refractivity contribution in [3.8, 4) is 11.3 Å². The Morgan fingerprint density at radius 1 is 1.21 bits per heavy atom. The summed E-state index contributed by atoms with van der Waals surface area (Å²) in [5.74, 6) is 0. The van der Waals surface area contributed by atoms with E-state index in [1.165, 1.54) is 6.07 Å². The summed E-state index contributed by atoms with van der Waals surface area (Å²) in [5, 5.41) is 0. The molecule has 94 valence electrons. The van der Waals surface area contributed by atoms with Crippen LogP contribution in [0.5, 0.6) is 0 Å². The number of aromatic nitrogens is 3. The Bertz CT molecular complexity index is 812. The van der Waals surface area contributed by atoms with Crippen molar-refractivity contribution in [3.05, 3.63) is 63.2 Å². The molecule has 0 saturated heterocycles. The molecule has 0 aromatic carbocycles. The average Bonchev–Trinajstić information content (AvgIpc) is 2.41. The quantitative estimate of drug-likeness (QED) is 0.693. The summed E-state index contributed by atoms with van der Waals surface area (Å²) in [6.07, 6.45) is 5.15. The fourth-order valence-corrected chi connectivity index (χ4v) is 2.60. The summed E-state index contributed by atoms with van der Waals surface area (Å²) in [7, 11) is 0. The van der Waals surface area contributed by atoms with Crippen molar-refractivity contribution >= 4 is 21.6 Å². The van der Waals surface area contributed by atoms with Gasteiger partial charge in [0, 0.05) is 30.2 Å². The van der Waals surface area contributed by atoms with Gasteiger partial charge in [0.25, 0.3) is 5.56 Å². The molecule has 0 fully saturated rings. The molecule has 0 unspecified atom stereocenters. The highest BCUT2D eigenvalue weighted by Crippen LogP contribution is 2.20. The maximum absolute atomic E-state index is 12.2. The predicted molar refractivity (Wildman–Crippen MR) is 77.1 cm³/mol. The van der Waals surface area contributed by atoms with Crippen LogP contribution in [0.4, 0.5) is 0 Å². The molecule has 0 aliphatic carbocycles. The zero-order valence-corrected chi connectivity index (χ0v) is 11.8. The van der Waals surface area contributed by atoms with Gasteiger partial charge < -0.3 is 0 Å². The molecule has 3 aromatic heterocycles. The maximum Gasteiger partial charge on any atom is 0.258 e. The van der Waals surface area contributed by atoms with Crippen LogP contribution >= 0.6 is 15.9 Å². The van der Waals surface area contributed by atoms with E-state index in [9.17, 15) is 4.79 Å². The Balaban J connectivity index is 2.34. The summed E-state index contributed by atoms with van der Waals surface area (Å²) >= 11 is 3.45. The third-order valence-corrected chi connectivity index (χ3v) is 3.41. The minimum Gasteiger partial charge on any atom is -0.269 e. The molecule has 3 aromatic rings. The molecular formula is C14H10BrN3O. The van der Waals surface area contributed by atoms with Gasteiger partial charge in [0.2, 0.25) is 0 Å². The first-order chi connectivity index (χ1) is 9.15. The van der Waals surface area contributed by atoms with Gasteiger partial charge in [0.15, 0.2) is 5.65 Å². The number of pyridine rings is 2. The third-order valence-electron chi connectivity index (χ3n) is 2.83. The van der Waals surface area contributed by atoms with E-state index < -0.39 is 0 Å². The minimum absolute atomic E-state index is 0.0961. The van der Waals surface area contributed by atoms with E-state index in [1.54, 1.807) is 23.0 Å². The Morgan fingerprint density at radius 3 is 2.68 bits per heavy atom. The first-order valence-corrected chi connectivity index (χ1v) is 6.54. The molecule has 5 heteroatoms. The molecule has 0 aliphatic heterocycles. The van der Waals surface area contributed by atoms with Crippen molar-refractivity contribution in [3.63, 3.8) is 0 Å². The highest BCUT2D eigenvalue weighted by atomic mass is 79.9. The Morgan fingerprint density at radius 2 is 1.95 bits per heavy atom. The molecule has 0 bridgehead atoms. The molecule has 0 radical (unpaired) electrons. The largest absolute Gasteiger partial charge is 0.269 e. The zero-order valence-electron chi connectivity index (χ0n) is 10.2. The van der Waals surface area contributed by atoms with Gasteiger partial charge in [-0.05, 0) is 46.6 Å². The first kappa shape index (κ1) is 12.0. The molecule has 0 spiro atoms. The normalized spacial score (nSPS) is 10.8. The van der Waals surface area contributed by atoms with Crippen LogP contribution in [0.15, 0.2) is 52.1 Å². The van der Waals surface area contributed by atoms with Crippen LogP contribution in [0, 0.1) is 6.92 Å². The van der Waals surface area contributed by atoms with Gasteiger partial charge in [-0.2, -0.15) is 0 Å². The number of fused-ring (bicyclic) bond motifs is 1. The number of hydrogen-bond donors (Lipinski definition) is 0. The lowest BCUT2D eigenvalue weighted by atomic mass is 10.2. The van der Waals surface area contributed by atoms with Gasteiger partial charge in [-0.1, -0.05) is 0 Å². The van der Waals surface area contributed by atoms with Crippen LogP contribution in [0.25, 0.3) is 16.9 Å². The molecule has 0 N–H and O–H groups in total. The van der Waals surface area contributed by atoms with Crippen LogP contribution in [0.2, 0.25) is 0 Å². The lowest BCUT2D eigenvalue weighted by Crippen LogP contribution is -2.15. The van der Waals surface area contributed by atoms with Crippen LogP contribution in [-0.2, 0) is 0 Å². The topological polar surface area (TPSA) is 47.3 Å². The van der Waals surface area contributed by atoms with Crippen molar-refractivity contribution < 1.29 is 0 Å². The molecular weight excluding hydrogens is 306 g/mol. The van der Waals surface area contributed by atoms with Crippen molar-refractivity contribution in [2.45, 2.75) is 6.92 Å². The number of aryl methyl sites for hydroxylation is 1. The first-order valence-electron chi connectivity index (χ1n) is 5.75. The van der Waals surface area contributed by atoms with E-state index in [-0.39, 0.29) is 5.56 Å². The number of rotatable bonds is 1. The van der Waals surface area contributed by atoms with Crippen molar-refractivity contribution in [2.75, 3.05) is 0 Å². The van der Waals surface area contributed by atoms with Crippen LogP contribution in [-0.4, -0.2) is 14.4 Å². The zero-order chi connectivity index (χ0) is 13.4. The fourth-order valence-electron chi connectivity index (χ4n) is 1.96. The second-order valence-corrected chi connectivity index (χ2v) is 5.13. The smallest absolute Gasteiger partial charge is 0.258 e. The SMILES string of the molecule is Cc1cc(Br)c2nc(-c3ccncc3)cc(=O)n2c1. The lowest BCUT2D eigenvalue weighted by molar-refractivity contribution is 1.03. The fraction of sp³-hybridized carbons (Fsp3) is 0.0714. The van der Waals surface area contributed by atoms with E-state index in [4.69, 9.17) is 0 Å². The summed E-state index contributed by atoms with van der Waals surface area (Å²) < 4.78 is 2.35. The second-order valence-electron chi connectivity index (χ2n) is 4.27. The highest BCUT2D eigenvalue weighted by Gasteiger charge is 2.07. The average molecular weight is 316 g/mol. The van der Waals surface area contributed by atoms with Crippen molar-refractivity contribution in [2.24, 2.45) is 0 Å². The molecule has 0 amide bonds. The molecule has 0 saturated carbocycles. The van der Waals surface area contributed by atoms with Crippen LogP contribution < -0.4 is 5.56 Å². The predicted octanol–water partition coefficient (Wildman–Crippen LogP) is 2.83. The maximum atomic E-state index is 12.2. The number of halogens is 1. The Hall–Kier alpha value is -2.01. The van der Waals surface area contributed by atoms with Crippen LogP contribution in [0.3, 0.4) is 0 Å². The Kier molecular flexibility index (Phi) is 2.91. The molecule has 3 heterocycles. The molecule has 3 rings (SSSR count). The van der Waals surface area contributed by atoms with E-state index >= 15 is 0 Å². The van der Waals surface area contributed by atoms with Gasteiger partial charge in [0.05, 0.1) is 10.2 Å². The lowest BCUT2D eigenvalue weighted by Gasteiger charge is -2.06. The van der Waals surface area contributed by atoms with Gasteiger partial charge in [0.1, 0.15) is 0 Å². The second kappa shape index (κ2) is 4.59. The standard InChI is InChI=1S/C14H10BrN3O/c1-9-6-11(15)14-17-12(7-13(19)18(14)8-9)10-2-4-16-5-3-10/h2-8H,1H3. The number of nitrogens with zero attached hydrogens (tertiary/aromatic N) is 3. The van der Waals surface area contributed by atoms with E-state index in [2.05, 4.69) is 25.9 Å². The van der Waals surface area contributed by atoms with Gasteiger partial charge in [-0.25, -0.2) is 4.98 Å². The van der Waals surface area contributed by atoms with Gasteiger partial charge >= 0.3 is 0 Å². The summed E-state index contributed by atoms with van der Waals surface area (Å²) in [6, 6.07) is 7.15. The van der Waals surface area contributed by atoms with E-state index in [0.717, 1.165) is 15.6 Å². The van der Waals surface area contributed by atoms with Crippen LogP contribution in [0.1, 0.15) is 5.56 Å². The van der Waals surface area contributed by atoms with Crippen molar-refractivity contribution in [1.29, 1.82) is 0 Å². The monoisotopic (exact) mass is 315 g/mol. The van der Waals surface area contributed by atoms with E-state index in [1.807, 2.05) is 25.1 Å². The number of hydrogen-bond acceptors (Lipinski definition) is 3. The minimum atomic E-state index is -0.0961. The van der Waals surface area contributed by atoms with E-state index in [0.29, 0.717) is 11.3 Å². The molecule has 0 aliphatic rings. The van der Waals surface area contributed by atoms with Crippen molar-refractivity contribution in [1.82, 2.24) is 14.4 Å². The third kappa shape index (κ3) is 2.17. The van der Waals surface area contributed by atoms with Gasteiger partial charge in [-0.3, -0.25) is 14.2 Å². The molecule has 4 nitrogen and oxygen atoms in total. The summed E-state index contributed by atoms with van der Waals surface area (Å²) in [5.41, 5.74) is 3.05. The summed E-state index contributed by atoms with van der Waals surface area (Å²) in [4.78, 5) is 20.7. The van der Waals surface area contributed by atoms with Gasteiger partial charge in [-0.15, -0.1) is 0 Å².